The van der Waals surface area contributed by atoms with Crippen LogP contribution in [0.5, 0.6) is 0 Å². The van der Waals surface area contributed by atoms with Crippen LogP contribution < -0.4 is 5.32 Å². The lowest BCUT2D eigenvalue weighted by molar-refractivity contribution is -0.137. The Hall–Kier alpha value is -2.35. The van der Waals surface area contributed by atoms with Crippen LogP contribution in [0.4, 0.5) is 13.2 Å². The molecule has 3 rings (SSSR count). The maximum Gasteiger partial charge on any atom is 0.417 e. The van der Waals surface area contributed by atoms with Gasteiger partial charge in [-0.1, -0.05) is 17.7 Å². The summed E-state index contributed by atoms with van der Waals surface area (Å²) in [6.07, 6.45) is -0.558. The molecule has 1 aliphatic heterocycles. The van der Waals surface area contributed by atoms with Gasteiger partial charge in [-0.2, -0.15) is 18.3 Å². The molecular formula is C17H16ClF3N4O. The molecule has 138 valence electrons. The highest BCUT2D eigenvalue weighted by molar-refractivity contribution is 6.31. The molecule has 9 heteroatoms. The average Bonchev–Trinajstić information content (AvgIpc) is 2.92. The van der Waals surface area contributed by atoms with Crippen molar-refractivity contribution in [2.45, 2.75) is 38.5 Å². The number of aryl methyl sites for hydroxylation is 2. The monoisotopic (exact) mass is 384 g/mol. The topological polar surface area (TPSA) is 59.8 Å². The van der Waals surface area contributed by atoms with Crippen molar-refractivity contribution in [2.24, 2.45) is 0 Å². The second kappa shape index (κ2) is 7.11. The van der Waals surface area contributed by atoms with Gasteiger partial charge >= 0.3 is 6.18 Å². The summed E-state index contributed by atoms with van der Waals surface area (Å²) in [5.41, 5.74) is -0.683. The van der Waals surface area contributed by atoms with E-state index in [1.807, 2.05) is 6.92 Å². The third-order valence-electron chi connectivity index (χ3n) is 4.03. The number of halogens is 4. The first-order valence-electron chi connectivity index (χ1n) is 7.98. The minimum absolute atomic E-state index is 0.100. The average molecular weight is 385 g/mol. The number of benzene rings is 1. The highest BCUT2D eigenvalue weighted by atomic mass is 35.5. The minimum Gasteiger partial charge on any atom is -0.348 e. The number of carbonyl (C=O) groups is 1. The Morgan fingerprint density at radius 1 is 1.42 bits per heavy atom. The molecule has 1 aromatic carbocycles. The van der Waals surface area contributed by atoms with Gasteiger partial charge in [-0.3, -0.25) is 4.79 Å². The van der Waals surface area contributed by atoms with E-state index in [0.29, 0.717) is 18.8 Å². The second-order valence-electron chi connectivity index (χ2n) is 6.07. The molecule has 1 N–H and O–H groups in total. The molecule has 1 amide bonds. The molecule has 0 aliphatic carbocycles. The molecule has 0 radical (unpaired) electrons. The number of hydrogen-bond donors (Lipinski definition) is 1. The number of fused-ring (bicyclic) bond motifs is 1. The van der Waals surface area contributed by atoms with Crippen molar-refractivity contribution in [3.05, 3.63) is 52.1 Å². The molecule has 2 aromatic rings. The molecule has 1 atom stereocenters. The minimum atomic E-state index is -4.54. The first kappa shape index (κ1) is 18.4. The van der Waals surface area contributed by atoms with E-state index >= 15 is 0 Å². The van der Waals surface area contributed by atoms with Crippen molar-refractivity contribution in [1.82, 2.24) is 20.1 Å². The van der Waals surface area contributed by atoms with Gasteiger partial charge in [0.25, 0.3) is 0 Å². The lowest BCUT2D eigenvalue weighted by atomic mass is 10.1. The summed E-state index contributed by atoms with van der Waals surface area (Å²) in [4.78, 5) is 16.4. The zero-order valence-corrected chi connectivity index (χ0v) is 14.6. The van der Waals surface area contributed by atoms with Gasteiger partial charge in [0.15, 0.2) is 0 Å². The highest BCUT2D eigenvalue weighted by Gasteiger charge is 2.33. The Bertz CT molecular complexity index is 860. The van der Waals surface area contributed by atoms with Crippen molar-refractivity contribution >= 4 is 23.6 Å². The van der Waals surface area contributed by atoms with E-state index in [4.69, 9.17) is 11.6 Å². The molecule has 1 aromatic heterocycles. The van der Waals surface area contributed by atoms with Crippen LogP contribution in [-0.4, -0.2) is 26.7 Å². The van der Waals surface area contributed by atoms with Crippen LogP contribution in [0.1, 0.15) is 29.2 Å². The largest absolute Gasteiger partial charge is 0.417 e. The molecule has 2 heterocycles. The Labute approximate surface area is 152 Å². The molecular weight excluding hydrogens is 369 g/mol. The highest BCUT2D eigenvalue weighted by Crippen LogP contribution is 2.35. The number of amides is 1. The van der Waals surface area contributed by atoms with Gasteiger partial charge in [-0.15, -0.1) is 0 Å². The normalized spacial score (nSPS) is 17.3. The lowest BCUT2D eigenvalue weighted by Crippen LogP contribution is -2.40. The van der Waals surface area contributed by atoms with Crippen LogP contribution in [0.25, 0.3) is 6.08 Å². The maximum absolute atomic E-state index is 12.9. The predicted octanol–water partition coefficient (Wildman–Crippen LogP) is 3.40. The Balaban J connectivity index is 1.63. The molecule has 0 saturated heterocycles. The van der Waals surface area contributed by atoms with Gasteiger partial charge in [0.05, 0.1) is 17.1 Å². The van der Waals surface area contributed by atoms with Crippen LogP contribution >= 0.6 is 11.6 Å². The first-order valence-corrected chi connectivity index (χ1v) is 8.36. The van der Waals surface area contributed by atoms with E-state index < -0.39 is 11.7 Å². The number of carbonyl (C=O) groups excluding carboxylic acids is 1. The van der Waals surface area contributed by atoms with Crippen LogP contribution in [0.2, 0.25) is 5.02 Å². The summed E-state index contributed by atoms with van der Waals surface area (Å²) < 4.78 is 40.3. The van der Waals surface area contributed by atoms with Gasteiger partial charge in [0, 0.05) is 18.5 Å². The molecule has 1 aliphatic rings. The van der Waals surface area contributed by atoms with E-state index in [1.165, 1.54) is 18.2 Å². The summed E-state index contributed by atoms with van der Waals surface area (Å²) in [6.45, 7) is 2.33. The van der Waals surface area contributed by atoms with Gasteiger partial charge in [-0.25, -0.2) is 9.67 Å². The van der Waals surface area contributed by atoms with Crippen LogP contribution in [0, 0.1) is 6.92 Å². The lowest BCUT2D eigenvalue weighted by Gasteiger charge is -2.22. The molecule has 1 unspecified atom stereocenters. The summed E-state index contributed by atoms with van der Waals surface area (Å²) in [5.74, 6) is 1.21. The SMILES string of the molecule is Cc1nc2n(n1)CC(NC(=O)/C=C/c1ccc(Cl)c(C(F)(F)F)c1)CC2. The van der Waals surface area contributed by atoms with E-state index in [1.54, 1.807) is 4.68 Å². The number of aromatic nitrogens is 3. The third-order valence-corrected chi connectivity index (χ3v) is 4.36. The molecule has 0 spiro atoms. The fourth-order valence-electron chi connectivity index (χ4n) is 2.84. The van der Waals surface area contributed by atoms with Crippen molar-refractivity contribution in [3.8, 4) is 0 Å². The van der Waals surface area contributed by atoms with Crippen LogP contribution in [0.3, 0.4) is 0 Å². The zero-order chi connectivity index (χ0) is 18.9. The third kappa shape index (κ3) is 4.24. The maximum atomic E-state index is 12.9. The molecule has 26 heavy (non-hydrogen) atoms. The predicted molar refractivity (Wildman–Crippen MR) is 90.5 cm³/mol. The van der Waals surface area contributed by atoms with E-state index in [0.717, 1.165) is 24.4 Å². The zero-order valence-electron chi connectivity index (χ0n) is 13.8. The van der Waals surface area contributed by atoms with Crippen molar-refractivity contribution in [2.75, 3.05) is 0 Å². The van der Waals surface area contributed by atoms with Crippen molar-refractivity contribution in [1.29, 1.82) is 0 Å². The van der Waals surface area contributed by atoms with Gasteiger partial charge < -0.3 is 5.32 Å². The van der Waals surface area contributed by atoms with Gasteiger partial charge in [0.1, 0.15) is 11.6 Å². The first-order chi connectivity index (χ1) is 12.2. The van der Waals surface area contributed by atoms with Crippen molar-refractivity contribution in [3.63, 3.8) is 0 Å². The summed E-state index contributed by atoms with van der Waals surface area (Å²) in [6, 6.07) is 3.40. The fraction of sp³-hybridized carbons (Fsp3) is 0.353. The summed E-state index contributed by atoms with van der Waals surface area (Å²) in [7, 11) is 0. The Morgan fingerprint density at radius 2 is 2.19 bits per heavy atom. The van der Waals surface area contributed by atoms with E-state index in [-0.39, 0.29) is 22.5 Å². The smallest absolute Gasteiger partial charge is 0.348 e. The Morgan fingerprint density at radius 3 is 2.92 bits per heavy atom. The molecule has 0 saturated carbocycles. The van der Waals surface area contributed by atoms with Crippen molar-refractivity contribution < 1.29 is 18.0 Å². The molecule has 5 nitrogen and oxygen atoms in total. The fourth-order valence-corrected chi connectivity index (χ4v) is 3.06. The molecule has 0 bridgehead atoms. The number of alkyl halides is 3. The van der Waals surface area contributed by atoms with Gasteiger partial charge in [0.2, 0.25) is 5.91 Å². The second-order valence-corrected chi connectivity index (χ2v) is 6.48. The van der Waals surface area contributed by atoms with Crippen LogP contribution in [0.15, 0.2) is 24.3 Å². The van der Waals surface area contributed by atoms with Crippen LogP contribution in [-0.2, 0) is 23.9 Å². The van der Waals surface area contributed by atoms with E-state index in [2.05, 4.69) is 15.4 Å². The quantitative estimate of drug-likeness (QED) is 0.825. The van der Waals surface area contributed by atoms with E-state index in [9.17, 15) is 18.0 Å². The molecule has 0 fully saturated rings. The number of nitrogens with zero attached hydrogens (tertiary/aromatic N) is 3. The number of hydrogen-bond acceptors (Lipinski definition) is 3. The standard InChI is InChI=1S/C17H16ClF3N4O/c1-10-22-15-6-4-12(9-25(15)24-10)23-16(26)7-3-11-2-5-14(18)13(8-11)17(19,20)21/h2-3,5,7-8,12H,4,6,9H2,1H3,(H,23,26)/b7-3+. The number of nitrogens with one attached hydrogen (secondary N) is 1. The summed E-state index contributed by atoms with van der Waals surface area (Å²) >= 11 is 5.58. The Kier molecular flexibility index (Phi) is 5.04. The van der Waals surface area contributed by atoms with Gasteiger partial charge in [-0.05, 0) is 37.1 Å². The number of rotatable bonds is 3. The summed E-state index contributed by atoms with van der Waals surface area (Å²) in [5, 5.41) is 6.72.